The first-order valence-electron chi connectivity index (χ1n) is 9.97. The van der Waals surface area contributed by atoms with Gasteiger partial charge in [0.15, 0.2) is 0 Å². The summed E-state index contributed by atoms with van der Waals surface area (Å²) in [6.45, 7) is 5.01. The van der Waals surface area contributed by atoms with E-state index in [-0.39, 0.29) is 10.9 Å². The van der Waals surface area contributed by atoms with E-state index in [0.29, 0.717) is 10.6 Å². The highest BCUT2D eigenvalue weighted by atomic mass is 35.5. The molecule has 1 heterocycles. The molecule has 3 aromatic carbocycles. The molecule has 1 aliphatic heterocycles. The van der Waals surface area contributed by atoms with Crippen LogP contribution in [0.3, 0.4) is 0 Å². The van der Waals surface area contributed by atoms with E-state index < -0.39 is 0 Å². The lowest BCUT2D eigenvalue weighted by Gasteiger charge is -2.36. The zero-order valence-electron chi connectivity index (χ0n) is 16.5. The SMILES string of the molecule is O=C(Nc1ccc(N2CCN(Cc3ccccc3)CC2)cc1)c1cccc(Cl)c1Cl. The van der Waals surface area contributed by atoms with Gasteiger partial charge in [0.2, 0.25) is 0 Å². The van der Waals surface area contributed by atoms with Crippen LogP contribution in [0.1, 0.15) is 15.9 Å². The normalized spacial score (nSPS) is 14.5. The minimum absolute atomic E-state index is 0.265. The van der Waals surface area contributed by atoms with Crippen molar-refractivity contribution < 1.29 is 4.79 Å². The molecule has 3 aromatic rings. The second-order valence-corrected chi connectivity index (χ2v) is 8.14. The Bertz CT molecular complexity index is 1000. The van der Waals surface area contributed by atoms with E-state index in [9.17, 15) is 4.79 Å². The van der Waals surface area contributed by atoms with Crippen LogP contribution in [0.2, 0.25) is 10.0 Å². The topological polar surface area (TPSA) is 35.6 Å². The van der Waals surface area contributed by atoms with E-state index >= 15 is 0 Å². The molecule has 30 heavy (non-hydrogen) atoms. The van der Waals surface area contributed by atoms with Gasteiger partial charge in [-0.25, -0.2) is 0 Å². The summed E-state index contributed by atoms with van der Waals surface area (Å²) in [5.74, 6) is -0.273. The average Bonchev–Trinajstić information content (AvgIpc) is 2.77. The van der Waals surface area contributed by atoms with Gasteiger partial charge in [0.25, 0.3) is 5.91 Å². The number of benzene rings is 3. The van der Waals surface area contributed by atoms with Crippen molar-refractivity contribution in [3.63, 3.8) is 0 Å². The van der Waals surface area contributed by atoms with Crippen molar-refractivity contribution in [3.05, 3.63) is 94.0 Å². The molecule has 0 aliphatic carbocycles. The van der Waals surface area contributed by atoms with Crippen LogP contribution in [0.25, 0.3) is 0 Å². The highest BCUT2D eigenvalue weighted by Gasteiger charge is 2.18. The fourth-order valence-electron chi connectivity index (χ4n) is 3.64. The van der Waals surface area contributed by atoms with E-state index in [1.54, 1.807) is 18.2 Å². The molecule has 6 heteroatoms. The number of piperazine rings is 1. The van der Waals surface area contributed by atoms with Gasteiger partial charge in [-0.1, -0.05) is 59.6 Å². The number of nitrogens with one attached hydrogen (secondary N) is 1. The molecule has 0 spiro atoms. The molecule has 154 valence electrons. The fraction of sp³-hybridized carbons (Fsp3) is 0.208. The third kappa shape index (κ3) is 4.96. The van der Waals surface area contributed by atoms with Gasteiger partial charge in [-0.15, -0.1) is 0 Å². The monoisotopic (exact) mass is 439 g/mol. The van der Waals surface area contributed by atoms with Crippen LogP contribution >= 0.6 is 23.2 Å². The van der Waals surface area contributed by atoms with Crippen molar-refractivity contribution in [1.29, 1.82) is 0 Å². The van der Waals surface area contributed by atoms with Crippen LogP contribution in [0.15, 0.2) is 72.8 Å². The summed E-state index contributed by atoms with van der Waals surface area (Å²) in [5.41, 5.74) is 3.60. The maximum absolute atomic E-state index is 12.5. The molecule has 4 rings (SSSR count). The summed E-state index contributed by atoms with van der Waals surface area (Å²) in [6.07, 6.45) is 0. The van der Waals surface area contributed by atoms with Gasteiger partial charge in [-0.3, -0.25) is 9.69 Å². The van der Waals surface area contributed by atoms with Gasteiger partial charge in [-0.05, 0) is 42.0 Å². The number of hydrogen-bond donors (Lipinski definition) is 1. The summed E-state index contributed by atoms with van der Waals surface area (Å²) < 4.78 is 0. The van der Waals surface area contributed by atoms with Gasteiger partial charge in [-0.2, -0.15) is 0 Å². The lowest BCUT2D eigenvalue weighted by Crippen LogP contribution is -2.45. The van der Waals surface area contributed by atoms with Crippen molar-refractivity contribution in [2.45, 2.75) is 6.54 Å². The van der Waals surface area contributed by atoms with E-state index in [4.69, 9.17) is 23.2 Å². The van der Waals surface area contributed by atoms with E-state index in [2.05, 4.69) is 45.4 Å². The first kappa shape index (κ1) is 20.7. The molecule has 1 saturated heterocycles. The minimum atomic E-state index is -0.273. The lowest BCUT2D eigenvalue weighted by molar-refractivity contribution is 0.102. The largest absolute Gasteiger partial charge is 0.369 e. The van der Waals surface area contributed by atoms with Gasteiger partial charge >= 0.3 is 0 Å². The average molecular weight is 440 g/mol. The number of anilines is 2. The van der Waals surface area contributed by atoms with Crippen LogP contribution in [0, 0.1) is 0 Å². The number of carbonyl (C=O) groups is 1. The molecule has 0 radical (unpaired) electrons. The Labute approximate surface area is 187 Å². The van der Waals surface area contributed by atoms with Crippen molar-refractivity contribution in [1.82, 2.24) is 4.90 Å². The summed E-state index contributed by atoms with van der Waals surface area (Å²) in [5, 5.41) is 3.51. The first-order chi connectivity index (χ1) is 14.6. The minimum Gasteiger partial charge on any atom is -0.369 e. The molecule has 0 saturated carbocycles. The lowest BCUT2D eigenvalue weighted by atomic mass is 10.1. The highest BCUT2D eigenvalue weighted by molar-refractivity contribution is 6.44. The second kappa shape index (κ2) is 9.52. The van der Waals surface area contributed by atoms with Crippen LogP contribution in [0.5, 0.6) is 0 Å². The number of hydrogen-bond acceptors (Lipinski definition) is 3. The second-order valence-electron chi connectivity index (χ2n) is 7.35. The van der Waals surface area contributed by atoms with Gasteiger partial charge in [0.1, 0.15) is 0 Å². The standard InChI is InChI=1S/C24H23Cl2N3O/c25-22-8-4-7-21(23(22)26)24(30)27-19-9-11-20(12-10-19)29-15-13-28(14-16-29)17-18-5-2-1-3-6-18/h1-12H,13-17H2,(H,27,30). The smallest absolute Gasteiger partial charge is 0.257 e. The summed E-state index contributed by atoms with van der Waals surface area (Å²) in [4.78, 5) is 17.3. The first-order valence-corrected chi connectivity index (χ1v) is 10.7. The number of carbonyl (C=O) groups excluding carboxylic acids is 1. The zero-order valence-corrected chi connectivity index (χ0v) is 18.0. The van der Waals surface area contributed by atoms with Crippen LogP contribution in [-0.2, 0) is 6.54 Å². The Morgan fingerprint density at radius 2 is 1.53 bits per heavy atom. The third-order valence-corrected chi connectivity index (χ3v) is 6.13. The molecule has 1 amide bonds. The van der Waals surface area contributed by atoms with Crippen molar-refractivity contribution in [3.8, 4) is 0 Å². The predicted octanol–water partition coefficient (Wildman–Crippen LogP) is 5.57. The molecule has 4 nitrogen and oxygen atoms in total. The Balaban J connectivity index is 1.33. The van der Waals surface area contributed by atoms with E-state index in [0.717, 1.165) is 44.1 Å². The van der Waals surface area contributed by atoms with Crippen molar-refractivity contribution in [2.24, 2.45) is 0 Å². The van der Waals surface area contributed by atoms with E-state index in [1.807, 2.05) is 24.3 Å². The van der Waals surface area contributed by atoms with Crippen molar-refractivity contribution in [2.75, 3.05) is 36.4 Å². The van der Waals surface area contributed by atoms with Crippen molar-refractivity contribution >= 4 is 40.5 Å². The molecular formula is C24H23Cl2N3O. The molecule has 0 atom stereocenters. The molecule has 0 unspecified atom stereocenters. The summed E-state index contributed by atoms with van der Waals surface area (Å²) >= 11 is 12.1. The number of rotatable bonds is 5. The molecule has 0 aromatic heterocycles. The molecular weight excluding hydrogens is 417 g/mol. The Hall–Kier alpha value is -2.53. The highest BCUT2D eigenvalue weighted by Crippen LogP contribution is 2.27. The van der Waals surface area contributed by atoms with Gasteiger partial charge in [0, 0.05) is 44.1 Å². The molecule has 1 N–H and O–H groups in total. The third-order valence-electron chi connectivity index (χ3n) is 5.31. The molecule has 1 fully saturated rings. The van der Waals surface area contributed by atoms with Crippen LogP contribution < -0.4 is 10.2 Å². The van der Waals surface area contributed by atoms with Gasteiger partial charge in [0.05, 0.1) is 15.6 Å². The Kier molecular flexibility index (Phi) is 6.58. The Morgan fingerprint density at radius 1 is 0.833 bits per heavy atom. The predicted molar refractivity (Wildman–Crippen MR) is 125 cm³/mol. The fourth-order valence-corrected chi connectivity index (χ4v) is 4.03. The number of halogens is 2. The van der Waals surface area contributed by atoms with Gasteiger partial charge < -0.3 is 10.2 Å². The Morgan fingerprint density at radius 3 is 2.23 bits per heavy atom. The van der Waals surface area contributed by atoms with E-state index in [1.165, 1.54) is 5.56 Å². The quantitative estimate of drug-likeness (QED) is 0.564. The zero-order chi connectivity index (χ0) is 20.9. The summed E-state index contributed by atoms with van der Waals surface area (Å²) in [6, 6.07) is 23.5. The number of amides is 1. The molecule has 0 bridgehead atoms. The number of nitrogens with zero attached hydrogens (tertiary/aromatic N) is 2. The van der Waals surface area contributed by atoms with Crippen LogP contribution in [-0.4, -0.2) is 37.0 Å². The maximum atomic E-state index is 12.5. The molecule has 1 aliphatic rings. The maximum Gasteiger partial charge on any atom is 0.257 e. The summed E-state index contributed by atoms with van der Waals surface area (Å²) in [7, 11) is 0. The van der Waals surface area contributed by atoms with Crippen LogP contribution in [0.4, 0.5) is 11.4 Å².